The molecule has 0 spiro atoms. The third kappa shape index (κ3) is 3.52. The van der Waals surface area contributed by atoms with Crippen LogP contribution in [0.25, 0.3) is 0 Å². The van der Waals surface area contributed by atoms with Gasteiger partial charge in [-0.25, -0.2) is 17.5 Å². The lowest BCUT2D eigenvalue weighted by molar-refractivity contribution is 0.190. The first-order valence-corrected chi connectivity index (χ1v) is 9.36. The van der Waals surface area contributed by atoms with Crippen molar-refractivity contribution < 1.29 is 22.7 Å². The maximum atomic E-state index is 13.5. The van der Waals surface area contributed by atoms with Crippen LogP contribution in [0.2, 0.25) is 0 Å². The zero-order chi connectivity index (χ0) is 19.8. The van der Waals surface area contributed by atoms with E-state index in [1.54, 1.807) is 13.1 Å². The summed E-state index contributed by atoms with van der Waals surface area (Å²) in [5, 5.41) is 22.2. The molecule has 0 amide bonds. The summed E-state index contributed by atoms with van der Waals surface area (Å²) in [5.74, 6) is -0.668. The molecular formula is C17H17FN4O4S. The molecule has 3 N–H and O–H groups in total. The molecule has 3 rings (SSSR count). The third-order valence-corrected chi connectivity index (χ3v) is 5.57. The summed E-state index contributed by atoms with van der Waals surface area (Å²) < 4.78 is 47.9. The van der Waals surface area contributed by atoms with Gasteiger partial charge >= 0.3 is 0 Å². The van der Waals surface area contributed by atoms with Crippen molar-refractivity contribution >= 4 is 15.7 Å². The number of nitriles is 1. The molecule has 2 unspecified atom stereocenters. The van der Waals surface area contributed by atoms with Crippen LogP contribution in [0.4, 0.5) is 10.1 Å². The van der Waals surface area contributed by atoms with Gasteiger partial charge in [0.2, 0.25) is 10.0 Å². The minimum absolute atomic E-state index is 0.00852. The highest BCUT2D eigenvalue weighted by Gasteiger charge is 2.33. The normalized spacial score (nSPS) is 19.1. The fourth-order valence-corrected chi connectivity index (χ4v) is 4.15. The Morgan fingerprint density at radius 2 is 2.33 bits per heavy atom. The van der Waals surface area contributed by atoms with Gasteiger partial charge in [0.05, 0.1) is 11.6 Å². The number of nitrogens with one attached hydrogen (secondary N) is 2. The molecule has 27 heavy (non-hydrogen) atoms. The second kappa shape index (κ2) is 7.03. The van der Waals surface area contributed by atoms with Crippen molar-refractivity contribution in [1.29, 1.82) is 5.26 Å². The highest BCUT2D eigenvalue weighted by Crippen LogP contribution is 2.36. The first kappa shape index (κ1) is 18.9. The van der Waals surface area contributed by atoms with Gasteiger partial charge in [-0.05, 0) is 18.2 Å². The van der Waals surface area contributed by atoms with E-state index in [0.29, 0.717) is 0 Å². The van der Waals surface area contributed by atoms with Gasteiger partial charge in [-0.15, -0.1) is 6.58 Å². The van der Waals surface area contributed by atoms with Gasteiger partial charge in [0.25, 0.3) is 0 Å². The maximum Gasteiger partial charge on any atom is 0.246 e. The van der Waals surface area contributed by atoms with Crippen LogP contribution < -0.4 is 14.8 Å². The van der Waals surface area contributed by atoms with Crippen LogP contribution in [0.3, 0.4) is 0 Å². The number of hydrogen-bond acceptors (Lipinski definition) is 6. The molecule has 0 fully saturated rings. The van der Waals surface area contributed by atoms with E-state index in [0.717, 1.165) is 6.07 Å². The van der Waals surface area contributed by atoms with Gasteiger partial charge in [-0.2, -0.15) is 5.26 Å². The summed E-state index contributed by atoms with van der Waals surface area (Å²) in [4.78, 5) is -0.109. The molecule has 2 heterocycles. The minimum atomic E-state index is -3.86. The van der Waals surface area contributed by atoms with Gasteiger partial charge < -0.3 is 19.7 Å². The number of rotatable bonds is 4. The molecule has 8 nitrogen and oxygen atoms in total. The monoisotopic (exact) mass is 392 g/mol. The summed E-state index contributed by atoms with van der Waals surface area (Å²) in [6.07, 6.45) is 1.38. The van der Waals surface area contributed by atoms with Crippen LogP contribution >= 0.6 is 0 Å². The van der Waals surface area contributed by atoms with Crippen molar-refractivity contribution in [2.45, 2.75) is 17.2 Å². The Morgan fingerprint density at radius 3 is 3.00 bits per heavy atom. The van der Waals surface area contributed by atoms with E-state index in [2.05, 4.69) is 16.6 Å². The lowest BCUT2D eigenvalue weighted by atomic mass is 10.2. The summed E-state index contributed by atoms with van der Waals surface area (Å²) in [6.45, 7) is 3.57. The van der Waals surface area contributed by atoms with Gasteiger partial charge in [-0.1, -0.05) is 6.08 Å². The topological polar surface area (TPSA) is 116 Å². The van der Waals surface area contributed by atoms with E-state index in [1.807, 2.05) is 0 Å². The number of anilines is 1. The predicted molar refractivity (Wildman–Crippen MR) is 94.9 cm³/mol. The lowest BCUT2D eigenvalue weighted by Crippen LogP contribution is -2.35. The molecule has 0 saturated carbocycles. The van der Waals surface area contributed by atoms with Crippen LogP contribution in [0.15, 0.2) is 41.9 Å². The molecule has 0 bridgehead atoms. The summed E-state index contributed by atoms with van der Waals surface area (Å²) >= 11 is 0. The molecule has 0 radical (unpaired) electrons. The Balaban J connectivity index is 1.98. The SMILES string of the molecule is C=CC1COc2c(cn(C)c2C(O)Nc2ccc(F)c(C#N)c2)S(=O)(=O)N1. The molecular weight excluding hydrogens is 375 g/mol. The molecule has 0 saturated heterocycles. The number of ether oxygens (including phenoxy) is 1. The second-order valence-corrected chi connectivity index (χ2v) is 7.63. The molecule has 1 aromatic heterocycles. The number of hydrogen-bond donors (Lipinski definition) is 3. The average molecular weight is 392 g/mol. The van der Waals surface area contributed by atoms with Crippen LogP contribution in [0.1, 0.15) is 17.5 Å². The molecule has 1 aliphatic rings. The zero-order valence-electron chi connectivity index (χ0n) is 14.3. The van der Waals surface area contributed by atoms with Crippen LogP contribution in [-0.2, 0) is 17.1 Å². The summed E-state index contributed by atoms with van der Waals surface area (Å²) in [7, 11) is -2.30. The van der Waals surface area contributed by atoms with Gasteiger partial charge in [-0.3, -0.25) is 0 Å². The van der Waals surface area contributed by atoms with Gasteiger partial charge in [0, 0.05) is 18.9 Å². The molecule has 0 aliphatic carbocycles. The maximum absolute atomic E-state index is 13.5. The van der Waals surface area contributed by atoms with Crippen molar-refractivity contribution in [3.05, 3.63) is 54.1 Å². The highest BCUT2D eigenvalue weighted by molar-refractivity contribution is 7.89. The predicted octanol–water partition coefficient (Wildman–Crippen LogP) is 1.36. The Hall–Kier alpha value is -2.87. The number of aliphatic hydroxyl groups is 1. The fourth-order valence-electron chi connectivity index (χ4n) is 2.76. The minimum Gasteiger partial charge on any atom is -0.488 e. The van der Waals surface area contributed by atoms with E-state index in [9.17, 15) is 17.9 Å². The number of halogens is 1. The van der Waals surface area contributed by atoms with E-state index in [1.165, 1.54) is 29.0 Å². The first-order chi connectivity index (χ1) is 12.8. The summed E-state index contributed by atoms with van der Waals surface area (Å²) in [6, 6.07) is 4.80. The fraction of sp³-hybridized carbons (Fsp3) is 0.235. The van der Waals surface area contributed by atoms with E-state index >= 15 is 0 Å². The zero-order valence-corrected chi connectivity index (χ0v) is 15.1. The Bertz CT molecular complexity index is 1040. The number of sulfonamides is 1. The largest absolute Gasteiger partial charge is 0.488 e. The smallest absolute Gasteiger partial charge is 0.246 e. The number of aryl methyl sites for hydroxylation is 1. The van der Waals surface area contributed by atoms with Gasteiger partial charge in [0.15, 0.2) is 12.0 Å². The van der Waals surface area contributed by atoms with E-state index < -0.39 is 28.1 Å². The third-order valence-electron chi connectivity index (χ3n) is 4.08. The van der Waals surface area contributed by atoms with E-state index in [4.69, 9.17) is 10.00 Å². The number of fused-ring (bicyclic) bond motifs is 1. The first-order valence-electron chi connectivity index (χ1n) is 7.88. The molecule has 1 aliphatic heterocycles. The van der Waals surface area contributed by atoms with Crippen LogP contribution in [0, 0.1) is 17.1 Å². The molecule has 10 heteroatoms. The van der Waals surface area contributed by atoms with Crippen molar-refractivity contribution in [2.75, 3.05) is 11.9 Å². The molecule has 2 aromatic rings. The van der Waals surface area contributed by atoms with Crippen molar-refractivity contribution in [3.63, 3.8) is 0 Å². The quantitative estimate of drug-likeness (QED) is 0.534. The van der Waals surface area contributed by atoms with Crippen LogP contribution in [0.5, 0.6) is 5.75 Å². The van der Waals surface area contributed by atoms with Crippen molar-refractivity contribution in [2.24, 2.45) is 7.05 Å². The van der Waals surface area contributed by atoms with Gasteiger partial charge in [0.1, 0.15) is 29.1 Å². The number of benzene rings is 1. The molecule has 142 valence electrons. The average Bonchev–Trinajstić information content (AvgIpc) is 2.91. The number of nitrogens with zero attached hydrogens (tertiary/aromatic N) is 2. The Labute approximate surface area is 155 Å². The molecule has 1 aromatic carbocycles. The Morgan fingerprint density at radius 1 is 1.59 bits per heavy atom. The second-order valence-electron chi connectivity index (χ2n) is 5.95. The lowest BCUT2D eigenvalue weighted by Gasteiger charge is -2.18. The van der Waals surface area contributed by atoms with Crippen LogP contribution in [-0.4, -0.2) is 30.7 Å². The number of aliphatic hydroxyl groups excluding tert-OH is 1. The summed E-state index contributed by atoms with van der Waals surface area (Å²) in [5.41, 5.74) is 0.270. The van der Waals surface area contributed by atoms with Crippen molar-refractivity contribution in [3.8, 4) is 11.8 Å². The van der Waals surface area contributed by atoms with E-state index in [-0.39, 0.29) is 34.2 Å². The molecule has 2 atom stereocenters. The number of aromatic nitrogens is 1. The Kier molecular flexibility index (Phi) is 4.93. The van der Waals surface area contributed by atoms with Crippen molar-refractivity contribution in [1.82, 2.24) is 9.29 Å². The highest BCUT2D eigenvalue weighted by atomic mass is 32.2. The standard InChI is InChI=1S/C17H17FN4O4S/c1-3-11-9-26-16-14(27(24,25)21-11)8-22(2)15(16)17(23)20-12-4-5-13(18)10(6-12)7-19/h3-6,8,11,17,20-21,23H,1,9H2,2H3.